The first kappa shape index (κ1) is 24.7. The number of carbonyl (C=O) groups excluding carboxylic acids is 2. The van der Waals surface area contributed by atoms with Crippen molar-refractivity contribution in [2.45, 2.75) is 102 Å². The van der Waals surface area contributed by atoms with E-state index in [0.29, 0.717) is 18.4 Å². The first-order chi connectivity index (χ1) is 16.6. The van der Waals surface area contributed by atoms with Gasteiger partial charge in [-0.15, -0.1) is 0 Å². The molecule has 8 heteroatoms. The highest BCUT2D eigenvalue weighted by atomic mass is 16.8. The number of hydrogen-bond acceptors (Lipinski definition) is 8. The quantitative estimate of drug-likeness (QED) is 0.370. The third-order valence-electron chi connectivity index (χ3n) is 12.2. The van der Waals surface area contributed by atoms with Gasteiger partial charge in [0, 0.05) is 18.4 Å². The van der Waals surface area contributed by atoms with Crippen LogP contribution in [0.25, 0.3) is 0 Å². The number of carbonyl (C=O) groups is 2. The summed E-state index contributed by atoms with van der Waals surface area (Å²) in [5.41, 5.74) is -4.25. The van der Waals surface area contributed by atoms with E-state index in [1.165, 1.54) is 6.08 Å². The van der Waals surface area contributed by atoms with Crippen molar-refractivity contribution in [1.82, 2.24) is 0 Å². The second-order valence-electron chi connectivity index (χ2n) is 13.0. The fraction of sp³-hybridized carbons (Fsp3) is 0.786. The Balaban J connectivity index is 1.52. The summed E-state index contributed by atoms with van der Waals surface area (Å²) in [6, 6.07) is 0. The molecule has 4 aliphatic carbocycles. The number of fused-ring (bicyclic) bond motifs is 4. The lowest BCUT2D eigenvalue weighted by molar-refractivity contribution is -0.473. The van der Waals surface area contributed by atoms with E-state index >= 15 is 0 Å². The van der Waals surface area contributed by atoms with Crippen molar-refractivity contribution in [3.8, 4) is 0 Å². The molecular formula is C28H38O8. The van der Waals surface area contributed by atoms with E-state index in [4.69, 9.17) is 9.47 Å². The fourth-order valence-electron chi connectivity index (χ4n) is 9.60. The maximum absolute atomic E-state index is 13.4. The van der Waals surface area contributed by atoms with Crippen LogP contribution < -0.4 is 0 Å². The monoisotopic (exact) mass is 502 g/mol. The van der Waals surface area contributed by atoms with Gasteiger partial charge < -0.3 is 29.9 Å². The van der Waals surface area contributed by atoms with Gasteiger partial charge in [-0.2, -0.15) is 0 Å². The zero-order chi connectivity index (χ0) is 26.3. The summed E-state index contributed by atoms with van der Waals surface area (Å²) in [6.45, 7) is 8.90. The van der Waals surface area contributed by atoms with Crippen LogP contribution in [0.4, 0.5) is 0 Å². The van der Waals surface area contributed by atoms with Crippen LogP contribution in [0.2, 0.25) is 0 Å². The summed E-state index contributed by atoms with van der Waals surface area (Å²) in [7, 11) is 0. The van der Waals surface area contributed by atoms with Crippen LogP contribution in [-0.4, -0.2) is 61.1 Å². The maximum Gasteiger partial charge on any atom is 0.336 e. The molecule has 6 rings (SSSR count). The number of hydrogen-bond donors (Lipinski definition) is 4. The van der Waals surface area contributed by atoms with Crippen molar-refractivity contribution in [2.24, 2.45) is 34.5 Å². The molecule has 0 aromatic heterocycles. The van der Waals surface area contributed by atoms with Crippen molar-refractivity contribution in [1.29, 1.82) is 0 Å². The van der Waals surface area contributed by atoms with E-state index in [9.17, 15) is 30.0 Å². The van der Waals surface area contributed by atoms with E-state index in [2.05, 4.69) is 0 Å². The first-order valence-corrected chi connectivity index (χ1v) is 13.3. The van der Waals surface area contributed by atoms with Gasteiger partial charge >= 0.3 is 5.97 Å². The van der Waals surface area contributed by atoms with Crippen LogP contribution in [0, 0.1) is 34.5 Å². The Kier molecular flexibility index (Phi) is 4.73. The second-order valence-corrected chi connectivity index (χ2v) is 13.0. The zero-order valence-corrected chi connectivity index (χ0v) is 21.7. The van der Waals surface area contributed by atoms with Crippen LogP contribution in [-0.2, 0) is 19.1 Å². The predicted octanol–water partition coefficient (Wildman–Crippen LogP) is 2.14. The standard InChI is InChI=1S/C28H38O8/c1-14-12-27(35-22(31)15(14)2)16(3)25(32)10-8-18-17-11-21(30)26(33)9-6-7-20(29)23(26,4)19(17)13-28(34,36-27)24(18,25)5/h6-7,16-19,21,30,32-34H,8-13H2,1-5H3. The SMILES string of the molecule is CC1=C(C)C(=O)OC2(C1)OC1(O)CC3C(CC(O)C4(O)CC=CC(=O)C34C)C3CCC(O)(C2C)C31C. The molecular weight excluding hydrogens is 464 g/mol. The Morgan fingerprint density at radius 1 is 1.06 bits per heavy atom. The van der Waals surface area contributed by atoms with Gasteiger partial charge in [0.25, 0.3) is 0 Å². The third kappa shape index (κ3) is 2.40. The first-order valence-electron chi connectivity index (χ1n) is 13.3. The Morgan fingerprint density at radius 2 is 1.75 bits per heavy atom. The van der Waals surface area contributed by atoms with Gasteiger partial charge in [-0.25, -0.2) is 4.79 Å². The number of aliphatic hydroxyl groups excluding tert-OH is 1. The Hall–Kier alpha value is -1.58. The molecule has 0 aromatic rings. The molecule has 0 radical (unpaired) electrons. The van der Waals surface area contributed by atoms with Crippen molar-refractivity contribution in [3.05, 3.63) is 23.3 Å². The molecule has 11 unspecified atom stereocenters. The van der Waals surface area contributed by atoms with Gasteiger partial charge in [-0.3, -0.25) is 4.79 Å². The Morgan fingerprint density at radius 3 is 2.42 bits per heavy atom. The van der Waals surface area contributed by atoms with E-state index in [-0.39, 0.29) is 43.3 Å². The van der Waals surface area contributed by atoms with Gasteiger partial charge in [0.05, 0.1) is 28.5 Å². The highest BCUT2D eigenvalue weighted by Crippen LogP contribution is 2.75. The van der Waals surface area contributed by atoms with Crippen LogP contribution in [0.5, 0.6) is 0 Å². The van der Waals surface area contributed by atoms with Gasteiger partial charge in [0.2, 0.25) is 5.79 Å². The van der Waals surface area contributed by atoms with Crippen LogP contribution in [0.3, 0.4) is 0 Å². The lowest BCUT2D eigenvalue weighted by atomic mass is 9.40. The highest BCUT2D eigenvalue weighted by molar-refractivity contribution is 5.97. The van der Waals surface area contributed by atoms with Gasteiger partial charge in [-0.1, -0.05) is 25.5 Å². The zero-order valence-electron chi connectivity index (χ0n) is 21.7. The van der Waals surface area contributed by atoms with E-state index in [0.717, 1.165) is 5.57 Å². The number of allylic oxidation sites excluding steroid dienone is 1. The smallest absolute Gasteiger partial charge is 0.336 e. The number of ether oxygens (including phenoxy) is 2. The lowest BCUT2D eigenvalue weighted by Gasteiger charge is -2.71. The molecule has 6 aliphatic rings. The molecule has 198 valence electrons. The number of rotatable bonds is 0. The van der Waals surface area contributed by atoms with Crippen LogP contribution >= 0.6 is 0 Å². The molecule has 0 bridgehead atoms. The largest absolute Gasteiger partial charge is 0.429 e. The van der Waals surface area contributed by atoms with Gasteiger partial charge in [0.15, 0.2) is 11.6 Å². The van der Waals surface area contributed by atoms with Crippen LogP contribution in [0.15, 0.2) is 23.3 Å². The summed E-state index contributed by atoms with van der Waals surface area (Å²) in [6.07, 6.45) is 3.53. The molecule has 4 N–H and O–H groups in total. The molecule has 36 heavy (non-hydrogen) atoms. The normalized spacial score (nSPS) is 57.9. The number of aliphatic hydroxyl groups is 4. The summed E-state index contributed by atoms with van der Waals surface area (Å²) in [5, 5.41) is 47.8. The van der Waals surface area contributed by atoms with E-state index in [1.807, 2.05) is 20.8 Å². The van der Waals surface area contributed by atoms with E-state index < -0.39 is 57.5 Å². The average Bonchev–Trinajstić information content (AvgIpc) is 3.09. The third-order valence-corrected chi connectivity index (χ3v) is 12.2. The maximum atomic E-state index is 13.4. The Labute approximate surface area is 211 Å². The summed E-state index contributed by atoms with van der Waals surface area (Å²) in [5.74, 6) is -5.87. The van der Waals surface area contributed by atoms with Gasteiger partial charge in [-0.05, 0) is 70.3 Å². The molecule has 11 atom stereocenters. The van der Waals surface area contributed by atoms with Crippen molar-refractivity contribution in [3.63, 3.8) is 0 Å². The van der Waals surface area contributed by atoms with Crippen molar-refractivity contribution in [2.75, 3.05) is 0 Å². The van der Waals surface area contributed by atoms with Gasteiger partial charge in [0.1, 0.15) is 5.60 Å². The van der Waals surface area contributed by atoms with Crippen molar-refractivity contribution >= 4 is 11.8 Å². The second kappa shape index (κ2) is 6.89. The molecule has 2 aliphatic heterocycles. The number of ketones is 1. The summed E-state index contributed by atoms with van der Waals surface area (Å²) in [4.78, 5) is 26.3. The lowest BCUT2D eigenvalue weighted by Crippen LogP contribution is -2.80. The van der Waals surface area contributed by atoms with E-state index in [1.54, 1.807) is 19.9 Å². The Bertz CT molecular complexity index is 1130. The molecule has 0 aromatic carbocycles. The highest BCUT2D eigenvalue weighted by Gasteiger charge is 2.82. The summed E-state index contributed by atoms with van der Waals surface area (Å²) >= 11 is 0. The molecule has 2 heterocycles. The van der Waals surface area contributed by atoms with Crippen LogP contribution in [0.1, 0.15) is 73.1 Å². The topological polar surface area (TPSA) is 134 Å². The molecule has 0 amide bonds. The minimum absolute atomic E-state index is 0.0220. The average molecular weight is 503 g/mol. The molecule has 1 spiro atoms. The minimum atomic E-state index is -1.92. The molecule has 8 nitrogen and oxygen atoms in total. The summed E-state index contributed by atoms with van der Waals surface area (Å²) < 4.78 is 12.5. The molecule has 4 fully saturated rings. The number of esters is 1. The minimum Gasteiger partial charge on any atom is -0.429 e. The van der Waals surface area contributed by atoms with Crippen molar-refractivity contribution < 1.29 is 39.5 Å². The molecule has 1 saturated heterocycles. The molecule has 3 saturated carbocycles. The fourth-order valence-corrected chi connectivity index (χ4v) is 9.60. The predicted molar refractivity (Wildman–Crippen MR) is 127 cm³/mol.